The van der Waals surface area contributed by atoms with Gasteiger partial charge in [0, 0.05) is 17.5 Å². The van der Waals surface area contributed by atoms with Crippen LogP contribution in [0.25, 0.3) is 0 Å². The number of carbonyl (C=O) groups is 2. The Kier molecular flexibility index (Phi) is 5.55. The number of rotatable bonds is 4. The Morgan fingerprint density at radius 1 is 1.19 bits per heavy atom. The summed E-state index contributed by atoms with van der Waals surface area (Å²) in [6.45, 7) is 1.51. The van der Waals surface area contributed by atoms with Gasteiger partial charge in [-0.25, -0.2) is 4.79 Å². The summed E-state index contributed by atoms with van der Waals surface area (Å²) in [6, 6.07) is 6.63. The molecule has 0 heterocycles. The van der Waals surface area contributed by atoms with E-state index in [4.69, 9.17) is 0 Å². The number of benzene rings is 1. The molecule has 0 unspecified atom stereocenters. The minimum Gasteiger partial charge on any atom is -0.315 e. The molecule has 1 aromatic rings. The first kappa shape index (κ1) is 15.3. The molecular weight excluding hydrogens is 264 g/mol. The van der Waals surface area contributed by atoms with Crippen LogP contribution < -0.4 is 10.6 Å². The van der Waals surface area contributed by atoms with Crippen molar-refractivity contribution in [1.29, 1.82) is 0 Å². The van der Waals surface area contributed by atoms with Crippen LogP contribution in [0.15, 0.2) is 36.5 Å². The van der Waals surface area contributed by atoms with Gasteiger partial charge in [0.1, 0.15) is 0 Å². The zero-order valence-electron chi connectivity index (χ0n) is 12.4. The van der Waals surface area contributed by atoms with Crippen molar-refractivity contribution < 1.29 is 9.59 Å². The van der Waals surface area contributed by atoms with Gasteiger partial charge >= 0.3 is 6.03 Å². The molecule has 1 aliphatic carbocycles. The first-order valence-corrected chi connectivity index (χ1v) is 7.50. The summed E-state index contributed by atoms with van der Waals surface area (Å²) in [6.07, 6.45) is 10.1. The molecule has 1 aliphatic rings. The summed E-state index contributed by atoms with van der Waals surface area (Å²) < 4.78 is 0. The molecular formula is C17H22N2O2. The number of anilines is 1. The minimum atomic E-state index is -0.289. The van der Waals surface area contributed by atoms with Crippen molar-refractivity contribution in [1.82, 2.24) is 5.32 Å². The second kappa shape index (κ2) is 7.62. The van der Waals surface area contributed by atoms with Crippen LogP contribution >= 0.6 is 0 Å². The van der Waals surface area contributed by atoms with E-state index >= 15 is 0 Å². The van der Waals surface area contributed by atoms with Crippen LogP contribution in [0.5, 0.6) is 0 Å². The molecule has 0 radical (unpaired) electrons. The second-order valence-electron chi connectivity index (χ2n) is 5.49. The van der Waals surface area contributed by atoms with E-state index in [0.29, 0.717) is 17.2 Å². The van der Waals surface area contributed by atoms with E-state index in [-0.39, 0.29) is 11.8 Å². The topological polar surface area (TPSA) is 58.2 Å². The first-order valence-electron chi connectivity index (χ1n) is 7.50. The van der Waals surface area contributed by atoms with Crippen molar-refractivity contribution in [2.75, 3.05) is 5.32 Å². The van der Waals surface area contributed by atoms with Gasteiger partial charge in [0.25, 0.3) is 0 Å². The number of ketones is 1. The van der Waals surface area contributed by atoms with E-state index in [9.17, 15) is 9.59 Å². The van der Waals surface area contributed by atoms with Crippen molar-refractivity contribution in [2.24, 2.45) is 5.92 Å². The molecule has 21 heavy (non-hydrogen) atoms. The standard InChI is InChI=1S/C17H22N2O2/c1-13(20)15-8-5-9-16(12-15)19-17(21)18-11-10-14-6-3-2-4-7-14/h5,8-12,14H,2-4,6-7H2,1H3,(H2,18,19,21)/b11-10+. The monoisotopic (exact) mass is 286 g/mol. The molecule has 112 valence electrons. The summed E-state index contributed by atoms with van der Waals surface area (Å²) in [5.74, 6) is 0.566. The van der Waals surface area contributed by atoms with Gasteiger partial charge in [-0.1, -0.05) is 37.5 Å². The molecule has 1 aromatic carbocycles. The fraction of sp³-hybridized carbons (Fsp3) is 0.412. The van der Waals surface area contributed by atoms with Crippen molar-refractivity contribution in [3.63, 3.8) is 0 Å². The number of Topliss-reactive ketones (excluding diaryl/α,β-unsaturated/α-hetero) is 1. The number of allylic oxidation sites excluding steroid dienone is 1. The highest BCUT2D eigenvalue weighted by molar-refractivity contribution is 5.96. The molecule has 0 saturated heterocycles. The average molecular weight is 286 g/mol. The maximum absolute atomic E-state index is 11.8. The first-order chi connectivity index (χ1) is 10.1. The number of urea groups is 1. The SMILES string of the molecule is CC(=O)c1cccc(NC(=O)N/C=C/C2CCCCC2)c1. The van der Waals surface area contributed by atoms with Gasteiger partial charge in [-0.05, 0) is 37.8 Å². The molecule has 2 N–H and O–H groups in total. The molecule has 1 fully saturated rings. The summed E-state index contributed by atoms with van der Waals surface area (Å²) >= 11 is 0. The summed E-state index contributed by atoms with van der Waals surface area (Å²) in [5, 5.41) is 5.43. The molecule has 0 bridgehead atoms. The Morgan fingerprint density at radius 2 is 1.95 bits per heavy atom. The van der Waals surface area contributed by atoms with Crippen molar-refractivity contribution in [2.45, 2.75) is 39.0 Å². The summed E-state index contributed by atoms with van der Waals surface area (Å²) in [4.78, 5) is 23.1. The van der Waals surface area contributed by atoms with E-state index < -0.39 is 0 Å². The van der Waals surface area contributed by atoms with E-state index in [1.165, 1.54) is 39.0 Å². The van der Waals surface area contributed by atoms with E-state index in [1.807, 2.05) is 0 Å². The molecule has 4 nitrogen and oxygen atoms in total. The maximum atomic E-state index is 11.8. The molecule has 0 aromatic heterocycles. The van der Waals surface area contributed by atoms with Crippen LogP contribution in [-0.4, -0.2) is 11.8 Å². The van der Waals surface area contributed by atoms with Crippen LogP contribution in [0.3, 0.4) is 0 Å². The molecule has 0 spiro atoms. The zero-order chi connectivity index (χ0) is 15.1. The van der Waals surface area contributed by atoms with Gasteiger partial charge in [0.05, 0.1) is 0 Å². The van der Waals surface area contributed by atoms with Gasteiger partial charge in [-0.2, -0.15) is 0 Å². The lowest BCUT2D eigenvalue weighted by molar-refractivity contribution is 0.101. The van der Waals surface area contributed by atoms with Crippen LogP contribution in [0.1, 0.15) is 49.4 Å². The Labute approximate surface area is 125 Å². The predicted octanol–water partition coefficient (Wildman–Crippen LogP) is 4.10. The Bertz CT molecular complexity index is 531. The van der Waals surface area contributed by atoms with E-state index in [1.54, 1.807) is 30.5 Å². The third-order valence-electron chi connectivity index (χ3n) is 3.76. The average Bonchev–Trinajstić information content (AvgIpc) is 2.48. The molecule has 2 amide bonds. The number of amides is 2. The highest BCUT2D eigenvalue weighted by Gasteiger charge is 2.09. The lowest BCUT2D eigenvalue weighted by atomic mass is 9.89. The fourth-order valence-corrected chi connectivity index (χ4v) is 2.57. The van der Waals surface area contributed by atoms with Gasteiger partial charge in [0.2, 0.25) is 0 Å². The van der Waals surface area contributed by atoms with Gasteiger partial charge in [-0.3, -0.25) is 4.79 Å². The maximum Gasteiger partial charge on any atom is 0.323 e. The van der Waals surface area contributed by atoms with Crippen LogP contribution in [0, 0.1) is 5.92 Å². The van der Waals surface area contributed by atoms with Gasteiger partial charge < -0.3 is 10.6 Å². The third kappa shape index (κ3) is 5.06. The number of hydrogen-bond donors (Lipinski definition) is 2. The Hall–Kier alpha value is -2.10. The smallest absolute Gasteiger partial charge is 0.315 e. The summed E-state index contributed by atoms with van der Waals surface area (Å²) in [5.41, 5.74) is 1.21. The molecule has 0 aliphatic heterocycles. The lowest BCUT2D eigenvalue weighted by Crippen LogP contribution is -2.24. The number of carbonyl (C=O) groups excluding carboxylic acids is 2. The normalized spacial score (nSPS) is 15.9. The largest absolute Gasteiger partial charge is 0.323 e. The van der Waals surface area contributed by atoms with Crippen LogP contribution in [0.2, 0.25) is 0 Å². The number of hydrogen-bond acceptors (Lipinski definition) is 2. The quantitative estimate of drug-likeness (QED) is 0.818. The lowest BCUT2D eigenvalue weighted by Gasteiger charge is -2.17. The highest BCUT2D eigenvalue weighted by atomic mass is 16.2. The van der Waals surface area contributed by atoms with E-state index in [2.05, 4.69) is 16.7 Å². The minimum absolute atomic E-state index is 0.0174. The Morgan fingerprint density at radius 3 is 2.67 bits per heavy atom. The van der Waals surface area contributed by atoms with Crippen molar-refractivity contribution in [3.05, 3.63) is 42.1 Å². The molecule has 4 heteroatoms. The fourth-order valence-electron chi connectivity index (χ4n) is 2.57. The highest BCUT2D eigenvalue weighted by Crippen LogP contribution is 2.24. The molecule has 0 atom stereocenters. The van der Waals surface area contributed by atoms with Crippen molar-refractivity contribution >= 4 is 17.5 Å². The Balaban J connectivity index is 1.82. The molecule has 1 saturated carbocycles. The zero-order valence-corrected chi connectivity index (χ0v) is 12.4. The number of nitrogens with one attached hydrogen (secondary N) is 2. The third-order valence-corrected chi connectivity index (χ3v) is 3.76. The van der Waals surface area contributed by atoms with E-state index in [0.717, 1.165) is 0 Å². The summed E-state index contributed by atoms with van der Waals surface area (Å²) in [7, 11) is 0. The molecule has 2 rings (SSSR count). The van der Waals surface area contributed by atoms with Gasteiger partial charge in [-0.15, -0.1) is 0 Å². The van der Waals surface area contributed by atoms with Crippen molar-refractivity contribution in [3.8, 4) is 0 Å². The van der Waals surface area contributed by atoms with Crippen LogP contribution in [0.4, 0.5) is 10.5 Å². The van der Waals surface area contributed by atoms with Crippen LogP contribution in [-0.2, 0) is 0 Å². The van der Waals surface area contributed by atoms with Gasteiger partial charge in [0.15, 0.2) is 5.78 Å². The second-order valence-corrected chi connectivity index (χ2v) is 5.49. The predicted molar refractivity (Wildman–Crippen MR) is 84.3 cm³/mol.